The number of amides is 1. The van der Waals surface area contributed by atoms with Gasteiger partial charge in [-0.05, 0) is 61.5 Å². The Balaban J connectivity index is 1.90. The molecule has 0 aliphatic rings. The van der Waals surface area contributed by atoms with Crippen LogP contribution in [0.15, 0.2) is 77.3 Å². The van der Waals surface area contributed by atoms with Crippen molar-refractivity contribution >= 4 is 52.1 Å². The fraction of sp³-hybridized carbons (Fsp3) is 0.222. The molecular weight excluding hydrogens is 562 g/mol. The van der Waals surface area contributed by atoms with Crippen LogP contribution < -0.4 is 10.1 Å². The quantitative estimate of drug-likeness (QED) is 0.144. The molecule has 0 fully saturated rings. The van der Waals surface area contributed by atoms with Crippen molar-refractivity contribution in [2.75, 3.05) is 17.7 Å². The summed E-state index contributed by atoms with van der Waals surface area (Å²) in [5, 5.41) is 13.3. The van der Waals surface area contributed by atoms with Gasteiger partial charge < -0.3 is 19.3 Å². The predicted octanol–water partition coefficient (Wildman–Crippen LogP) is 5.96. The Bertz CT molecular complexity index is 1220. The lowest BCUT2D eigenvalue weighted by Crippen LogP contribution is -2.32. The summed E-state index contributed by atoms with van der Waals surface area (Å²) in [4.78, 5) is 36.1. The Labute approximate surface area is 228 Å². The van der Waals surface area contributed by atoms with Crippen molar-refractivity contribution < 1.29 is 33.7 Å². The number of carbonyl (C=O) groups is 3. The molecule has 1 amide bonds. The molecule has 0 aliphatic carbocycles. The van der Waals surface area contributed by atoms with E-state index in [9.17, 15) is 19.5 Å². The number of benzene rings is 3. The molecule has 3 aromatic carbocycles. The number of phenols is 1. The molecule has 0 aliphatic heterocycles. The van der Waals surface area contributed by atoms with Gasteiger partial charge in [-0.3, -0.25) is 14.9 Å². The molecule has 0 aromatic heterocycles. The molecular formula is C27H26BrNO7S. The van der Waals surface area contributed by atoms with Crippen LogP contribution in [0.1, 0.15) is 35.4 Å². The topological polar surface area (TPSA) is 111 Å². The average Bonchev–Trinajstić information content (AvgIpc) is 2.89. The summed E-state index contributed by atoms with van der Waals surface area (Å²) in [6.45, 7) is 1.42. The van der Waals surface area contributed by atoms with Crippen LogP contribution in [-0.4, -0.2) is 41.4 Å². The fourth-order valence-electron chi connectivity index (χ4n) is 3.42. The first-order valence-corrected chi connectivity index (χ1v) is 12.7. The molecule has 0 heterocycles. The number of hydrogen-bond donors (Lipinski definition) is 3. The molecule has 3 rings (SSSR count). The van der Waals surface area contributed by atoms with Gasteiger partial charge in [-0.2, -0.15) is 12.6 Å². The highest BCUT2D eigenvalue weighted by Gasteiger charge is 2.32. The molecule has 0 unspecified atom stereocenters. The van der Waals surface area contributed by atoms with Crippen LogP contribution in [0.25, 0.3) is 0 Å². The van der Waals surface area contributed by atoms with E-state index < -0.39 is 24.3 Å². The molecule has 10 heteroatoms. The summed E-state index contributed by atoms with van der Waals surface area (Å²) in [5.74, 6) is -0.297. The normalized spacial score (nSPS) is 12.2. The number of carbonyl (C=O) groups excluding carboxylic acids is 3. The van der Waals surface area contributed by atoms with Crippen LogP contribution >= 0.6 is 28.6 Å². The minimum absolute atomic E-state index is 0.0281. The number of ketones is 1. The number of thiol groups is 1. The Kier molecular flexibility index (Phi) is 10.4. The molecule has 8 nitrogen and oxygen atoms in total. The highest BCUT2D eigenvalue weighted by atomic mass is 79.9. The third-order valence-electron chi connectivity index (χ3n) is 5.23. The second kappa shape index (κ2) is 13.7. The van der Waals surface area contributed by atoms with E-state index in [2.05, 4.69) is 33.9 Å². The first-order valence-electron chi connectivity index (χ1n) is 11.3. The summed E-state index contributed by atoms with van der Waals surface area (Å²) in [7, 11) is 0. The number of Topliss-reactive ketones (excluding diaryl/α,β-unsaturated/α-hetero) is 1. The zero-order chi connectivity index (χ0) is 26.8. The summed E-state index contributed by atoms with van der Waals surface area (Å²) in [6, 6.07) is 20.0. The fourth-order valence-corrected chi connectivity index (χ4v) is 3.89. The van der Waals surface area contributed by atoms with Gasteiger partial charge in [0.1, 0.15) is 17.6 Å². The van der Waals surface area contributed by atoms with Crippen molar-refractivity contribution in [2.24, 2.45) is 0 Å². The van der Waals surface area contributed by atoms with Gasteiger partial charge in [0.2, 0.25) is 0 Å². The van der Waals surface area contributed by atoms with E-state index in [1.165, 1.54) is 13.0 Å². The summed E-state index contributed by atoms with van der Waals surface area (Å²) in [6.07, 6.45) is -2.61. The summed E-state index contributed by atoms with van der Waals surface area (Å²) >= 11 is 7.30. The van der Waals surface area contributed by atoms with Crippen LogP contribution in [0.5, 0.6) is 11.5 Å². The van der Waals surface area contributed by atoms with E-state index in [-0.39, 0.29) is 35.9 Å². The predicted molar refractivity (Wildman–Crippen MR) is 145 cm³/mol. The molecule has 2 N–H and O–H groups in total. The molecule has 0 radical (unpaired) electrons. The second-order valence-corrected chi connectivity index (χ2v) is 9.16. The average molecular weight is 588 g/mol. The van der Waals surface area contributed by atoms with E-state index in [0.29, 0.717) is 21.5 Å². The minimum Gasteiger partial charge on any atom is -0.508 e. The monoisotopic (exact) mass is 587 g/mol. The number of rotatable bonds is 11. The maximum Gasteiger partial charge on any atom is 0.412 e. The van der Waals surface area contributed by atoms with Gasteiger partial charge in [-0.1, -0.05) is 34.1 Å². The minimum atomic E-state index is -1.09. The van der Waals surface area contributed by atoms with Crippen molar-refractivity contribution in [1.82, 2.24) is 0 Å². The van der Waals surface area contributed by atoms with Crippen molar-refractivity contribution in [3.8, 4) is 11.5 Å². The molecule has 3 aromatic rings. The lowest BCUT2D eigenvalue weighted by molar-refractivity contribution is -0.141. The van der Waals surface area contributed by atoms with Crippen LogP contribution in [0.3, 0.4) is 0 Å². The van der Waals surface area contributed by atoms with Crippen LogP contribution in [0.4, 0.5) is 10.5 Å². The lowest BCUT2D eigenvalue weighted by atomic mass is 10.0. The zero-order valence-corrected chi connectivity index (χ0v) is 22.4. The van der Waals surface area contributed by atoms with Crippen molar-refractivity contribution in [3.63, 3.8) is 0 Å². The Hall–Kier alpha value is -3.50. The van der Waals surface area contributed by atoms with Crippen LogP contribution in [-0.2, 0) is 14.3 Å². The maximum atomic E-state index is 13.0. The first kappa shape index (κ1) is 28.1. The molecule has 194 valence electrons. The van der Waals surface area contributed by atoms with Gasteiger partial charge in [0.05, 0.1) is 12.4 Å². The van der Waals surface area contributed by atoms with E-state index >= 15 is 0 Å². The van der Waals surface area contributed by atoms with Gasteiger partial charge >= 0.3 is 12.1 Å². The van der Waals surface area contributed by atoms with E-state index in [0.717, 1.165) is 0 Å². The molecule has 0 spiro atoms. The number of phenolic OH excluding ortho intramolecular Hbond substituents is 1. The summed E-state index contributed by atoms with van der Waals surface area (Å²) in [5.41, 5.74) is 1.20. The number of anilines is 1. The number of aromatic hydroxyl groups is 1. The number of halogens is 1. The standard InChI is InChI=1S/C27H26BrNO7S/c1-17(30)18-7-10-20(11-8-18)29-27(33)36-26(22-15-19(28)9-12-23(22)31)24(13-14-34-25(32)16-37)35-21-5-3-2-4-6-21/h2-12,15,24,26,31,37H,13-14,16H2,1H3,(H,29,33)/t24-,26-/m1/s1. The highest BCUT2D eigenvalue weighted by molar-refractivity contribution is 9.10. The van der Waals surface area contributed by atoms with E-state index in [1.54, 1.807) is 60.7 Å². The SMILES string of the molecule is CC(=O)c1ccc(NC(=O)O[C@H](c2cc(Br)ccc2O)[C@@H](CCOC(=O)CS)Oc2ccccc2)cc1. The molecule has 37 heavy (non-hydrogen) atoms. The van der Waals surface area contributed by atoms with Gasteiger partial charge in [0.15, 0.2) is 11.9 Å². The highest BCUT2D eigenvalue weighted by Crippen LogP contribution is 2.35. The van der Waals surface area contributed by atoms with Gasteiger partial charge in [0, 0.05) is 27.7 Å². The van der Waals surface area contributed by atoms with E-state index in [4.69, 9.17) is 14.2 Å². The number of nitrogens with one attached hydrogen (secondary N) is 1. The maximum absolute atomic E-state index is 13.0. The Morgan fingerprint density at radius 3 is 2.38 bits per heavy atom. The van der Waals surface area contributed by atoms with Crippen molar-refractivity contribution in [2.45, 2.75) is 25.6 Å². The number of hydrogen-bond acceptors (Lipinski definition) is 8. The van der Waals surface area contributed by atoms with Crippen molar-refractivity contribution in [3.05, 3.63) is 88.4 Å². The van der Waals surface area contributed by atoms with Gasteiger partial charge in [0.25, 0.3) is 0 Å². The third-order valence-corrected chi connectivity index (χ3v) is 5.98. The number of ether oxygens (including phenoxy) is 3. The van der Waals surface area contributed by atoms with E-state index in [1.807, 2.05) is 6.07 Å². The largest absolute Gasteiger partial charge is 0.508 e. The second-order valence-electron chi connectivity index (χ2n) is 7.92. The Morgan fingerprint density at radius 1 is 1.03 bits per heavy atom. The molecule has 0 saturated heterocycles. The molecule has 2 atom stereocenters. The number of esters is 1. The van der Waals surface area contributed by atoms with Crippen LogP contribution in [0, 0.1) is 0 Å². The van der Waals surface area contributed by atoms with Gasteiger partial charge in [-0.15, -0.1) is 0 Å². The summed E-state index contributed by atoms with van der Waals surface area (Å²) < 4.78 is 17.8. The molecule has 0 saturated carbocycles. The molecule has 0 bridgehead atoms. The Morgan fingerprint density at radius 2 is 1.73 bits per heavy atom. The van der Waals surface area contributed by atoms with Gasteiger partial charge in [-0.25, -0.2) is 4.79 Å². The van der Waals surface area contributed by atoms with Crippen molar-refractivity contribution in [1.29, 1.82) is 0 Å². The third kappa shape index (κ3) is 8.54. The lowest BCUT2D eigenvalue weighted by Gasteiger charge is -2.29. The van der Waals surface area contributed by atoms with Crippen LogP contribution in [0.2, 0.25) is 0 Å². The first-order chi connectivity index (χ1) is 17.8. The zero-order valence-electron chi connectivity index (χ0n) is 19.9. The number of para-hydroxylation sites is 1. The smallest absolute Gasteiger partial charge is 0.412 e.